The van der Waals surface area contributed by atoms with Crippen LogP contribution in [-0.2, 0) is 4.79 Å². The van der Waals surface area contributed by atoms with Gasteiger partial charge in [-0.25, -0.2) is 0 Å². The molecule has 0 aromatic heterocycles. The van der Waals surface area contributed by atoms with Gasteiger partial charge in [0.2, 0.25) is 0 Å². The van der Waals surface area contributed by atoms with Gasteiger partial charge >= 0.3 is 0 Å². The summed E-state index contributed by atoms with van der Waals surface area (Å²) in [5, 5.41) is 0. The Bertz CT molecular complexity index is 656. The number of rotatable bonds is 7. The second kappa shape index (κ2) is 8.53. The summed E-state index contributed by atoms with van der Waals surface area (Å²) >= 11 is 6.58. The molecular formula is C18H23NO3S2. The summed E-state index contributed by atoms with van der Waals surface area (Å²) in [6.07, 6.45) is 1.85. The zero-order chi connectivity index (χ0) is 17.7. The van der Waals surface area contributed by atoms with Crippen molar-refractivity contribution in [3.05, 3.63) is 28.7 Å². The van der Waals surface area contributed by atoms with E-state index in [1.165, 1.54) is 11.8 Å². The summed E-state index contributed by atoms with van der Waals surface area (Å²) in [6, 6.07) is 5.72. The van der Waals surface area contributed by atoms with Crippen LogP contribution in [-0.4, -0.2) is 34.9 Å². The molecule has 0 bridgehead atoms. The third-order valence-electron chi connectivity index (χ3n) is 3.33. The highest BCUT2D eigenvalue weighted by Gasteiger charge is 2.30. The lowest BCUT2D eigenvalue weighted by atomic mass is 10.1. The molecule has 1 aliphatic rings. The predicted molar refractivity (Wildman–Crippen MR) is 103 cm³/mol. The molecule has 6 heteroatoms. The molecule has 1 saturated heterocycles. The first kappa shape index (κ1) is 18.8. The van der Waals surface area contributed by atoms with Gasteiger partial charge in [0.25, 0.3) is 5.91 Å². The van der Waals surface area contributed by atoms with Crippen molar-refractivity contribution in [2.75, 3.05) is 19.8 Å². The molecule has 1 fully saturated rings. The molecule has 0 N–H and O–H groups in total. The minimum atomic E-state index is -0.0365. The average molecular weight is 366 g/mol. The van der Waals surface area contributed by atoms with Crippen molar-refractivity contribution >= 4 is 40.3 Å². The Morgan fingerprint density at radius 3 is 2.58 bits per heavy atom. The fourth-order valence-corrected chi connectivity index (χ4v) is 3.57. The van der Waals surface area contributed by atoms with Crippen molar-refractivity contribution in [2.45, 2.75) is 27.7 Å². The van der Waals surface area contributed by atoms with E-state index in [1.807, 2.05) is 38.1 Å². The van der Waals surface area contributed by atoms with Crippen LogP contribution in [0.5, 0.6) is 11.5 Å². The van der Waals surface area contributed by atoms with Crippen molar-refractivity contribution in [1.82, 2.24) is 4.90 Å². The smallest absolute Gasteiger partial charge is 0.266 e. The van der Waals surface area contributed by atoms with Crippen LogP contribution in [0.15, 0.2) is 23.1 Å². The lowest BCUT2D eigenvalue weighted by molar-refractivity contribution is -0.121. The Morgan fingerprint density at radius 2 is 2.00 bits per heavy atom. The van der Waals surface area contributed by atoms with E-state index in [4.69, 9.17) is 21.7 Å². The first-order valence-electron chi connectivity index (χ1n) is 8.11. The molecule has 1 aliphatic heterocycles. The lowest BCUT2D eigenvalue weighted by Crippen LogP contribution is -2.27. The Balaban J connectivity index is 2.25. The zero-order valence-electron chi connectivity index (χ0n) is 14.5. The molecule has 130 valence electrons. The van der Waals surface area contributed by atoms with Gasteiger partial charge in [0.05, 0.1) is 18.1 Å². The van der Waals surface area contributed by atoms with Gasteiger partial charge in [-0.1, -0.05) is 43.9 Å². The SMILES string of the molecule is CCOc1cc(/C=C2\SC(=S)N(CC)C2=O)ccc1OCC(C)C. The fraction of sp³-hybridized carbons (Fsp3) is 0.444. The van der Waals surface area contributed by atoms with Crippen LogP contribution in [0.2, 0.25) is 0 Å². The molecular weight excluding hydrogens is 342 g/mol. The van der Waals surface area contributed by atoms with Gasteiger partial charge in [0.1, 0.15) is 4.32 Å². The van der Waals surface area contributed by atoms with Crippen molar-refractivity contribution in [3.8, 4) is 11.5 Å². The maximum atomic E-state index is 12.3. The van der Waals surface area contributed by atoms with Gasteiger partial charge in [-0.3, -0.25) is 9.69 Å². The maximum absolute atomic E-state index is 12.3. The van der Waals surface area contributed by atoms with Crippen LogP contribution in [0.3, 0.4) is 0 Å². The van der Waals surface area contributed by atoms with Crippen molar-refractivity contribution in [1.29, 1.82) is 0 Å². The molecule has 1 aromatic carbocycles. The minimum absolute atomic E-state index is 0.0365. The highest BCUT2D eigenvalue weighted by atomic mass is 32.2. The Kier molecular flexibility index (Phi) is 6.69. The fourth-order valence-electron chi connectivity index (χ4n) is 2.18. The standard InChI is InChI=1S/C18H23NO3S2/c1-5-19-17(20)16(24-18(19)23)10-13-7-8-14(22-11-12(3)4)15(9-13)21-6-2/h7-10,12H,5-6,11H2,1-4H3/b16-10-. The molecule has 2 rings (SSSR count). The molecule has 1 amide bonds. The molecule has 0 unspecified atom stereocenters. The normalized spacial score (nSPS) is 16.4. The van der Waals surface area contributed by atoms with E-state index in [0.29, 0.717) is 40.7 Å². The first-order valence-corrected chi connectivity index (χ1v) is 9.33. The first-order chi connectivity index (χ1) is 11.5. The zero-order valence-corrected chi connectivity index (χ0v) is 16.1. The molecule has 0 atom stereocenters. The molecule has 1 heterocycles. The van der Waals surface area contributed by atoms with Gasteiger partial charge < -0.3 is 9.47 Å². The second-order valence-corrected chi connectivity index (χ2v) is 7.45. The largest absolute Gasteiger partial charge is 0.490 e. The van der Waals surface area contributed by atoms with E-state index in [9.17, 15) is 4.79 Å². The van der Waals surface area contributed by atoms with Crippen LogP contribution in [0.1, 0.15) is 33.3 Å². The number of likely N-dealkylation sites (N-methyl/N-ethyl adjacent to an activating group) is 1. The minimum Gasteiger partial charge on any atom is -0.490 e. The van der Waals surface area contributed by atoms with E-state index in [1.54, 1.807) is 4.90 Å². The summed E-state index contributed by atoms with van der Waals surface area (Å²) < 4.78 is 12.1. The number of nitrogens with zero attached hydrogens (tertiary/aromatic N) is 1. The quantitative estimate of drug-likeness (QED) is 0.531. The van der Waals surface area contributed by atoms with Gasteiger partial charge in [0, 0.05) is 6.54 Å². The van der Waals surface area contributed by atoms with Gasteiger partial charge in [-0.05, 0) is 43.5 Å². The Morgan fingerprint density at radius 1 is 1.25 bits per heavy atom. The van der Waals surface area contributed by atoms with Gasteiger partial charge in [0.15, 0.2) is 11.5 Å². The predicted octanol–water partition coefficient (Wildman–Crippen LogP) is 4.34. The number of amides is 1. The molecule has 4 nitrogen and oxygen atoms in total. The van der Waals surface area contributed by atoms with E-state index in [2.05, 4.69) is 13.8 Å². The molecule has 0 radical (unpaired) electrons. The Labute approximate surface area is 153 Å². The molecule has 0 spiro atoms. The number of thioether (sulfide) groups is 1. The van der Waals surface area contributed by atoms with E-state index >= 15 is 0 Å². The van der Waals surface area contributed by atoms with Crippen LogP contribution in [0.25, 0.3) is 6.08 Å². The van der Waals surface area contributed by atoms with Crippen molar-refractivity contribution < 1.29 is 14.3 Å². The second-order valence-electron chi connectivity index (χ2n) is 5.77. The molecule has 0 aliphatic carbocycles. The van der Waals surface area contributed by atoms with E-state index in [0.717, 1.165) is 11.3 Å². The Hall–Kier alpha value is -1.53. The number of ether oxygens (including phenoxy) is 2. The third kappa shape index (κ3) is 4.51. The monoisotopic (exact) mass is 365 g/mol. The summed E-state index contributed by atoms with van der Waals surface area (Å²) in [4.78, 5) is 14.5. The summed E-state index contributed by atoms with van der Waals surface area (Å²) in [7, 11) is 0. The van der Waals surface area contributed by atoms with Gasteiger partial charge in [-0.15, -0.1) is 0 Å². The number of thiocarbonyl (C=S) groups is 1. The van der Waals surface area contributed by atoms with Crippen LogP contribution in [0, 0.1) is 5.92 Å². The van der Waals surface area contributed by atoms with Crippen molar-refractivity contribution in [3.63, 3.8) is 0 Å². The van der Waals surface area contributed by atoms with Crippen LogP contribution >= 0.6 is 24.0 Å². The van der Waals surface area contributed by atoms with E-state index < -0.39 is 0 Å². The van der Waals surface area contributed by atoms with Crippen molar-refractivity contribution in [2.24, 2.45) is 5.92 Å². The highest BCUT2D eigenvalue weighted by molar-refractivity contribution is 8.26. The molecule has 24 heavy (non-hydrogen) atoms. The highest BCUT2D eigenvalue weighted by Crippen LogP contribution is 2.34. The summed E-state index contributed by atoms with van der Waals surface area (Å²) in [6.45, 7) is 9.84. The number of carbonyl (C=O) groups is 1. The molecule has 1 aromatic rings. The number of hydrogen-bond donors (Lipinski definition) is 0. The lowest BCUT2D eigenvalue weighted by Gasteiger charge is -2.14. The van der Waals surface area contributed by atoms with Gasteiger partial charge in [-0.2, -0.15) is 0 Å². The number of hydrogen-bond acceptors (Lipinski definition) is 5. The summed E-state index contributed by atoms with van der Waals surface area (Å²) in [5.74, 6) is 1.82. The van der Waals surface area contributed by atoms with Crippen LogP contribution < -0.4 is 9.47 Å². The number of carbonyl (C=O) groups excluding carboxylic acids is 1. The third-order valence-corrected chi connectivity index (χ3v) is 4.71. The molecule has 0 saturated carbocycles. The average Bonchev–Trinajstić information content (AvgIpc) is 2.80. The van der Waals surface area contributed by atoms with E-state index in [-0.39, 0.29) is 5.91 Å². The maximum Gasteiger partial charge on any atom is 0.266 e. The van der Waals surface area contributed by atoms with Crippen LogP contribution in [0.4, 0.5) is 0 Å². The number of benzene rings is 1. The summed E-state index contributed by atoms with van der Waals surface area (Å²) in [5.41, 5.74) is 0.895. The topological polar surface area (TPSA) is 38.8 Å².